The van der Waals surface area contributed by atoms with Gasteiger partial charge in [-0.1, -0.05) is 65.4 Å². The van der Waals surface area contributed by atoms with Gasteiger partial charge < -0.3 is 0 Å². The molecule has 0 radical (unpaired) electrons. The molecule has 0 bridgehead atoms. The van der Waals surface area contributed by atoms with Gasteiger partial charge in [0, 0.05) is 5.88 Å². The smallest absolute Gasteiger partial charge is 0.126 e. The first-order chi connectivity index (χ1) is 6.78. The molecule has 0 aromatic heterocycles. The summed E-state index contributed by atoms with van der Waals surface area (Å²) in [6.07, 6.45) is 9.39. The zero-order valence-electron chi connectivity index (χ0n) is 10.2. The maximum Gasteiger partial charge on any atom is 0.140 e. The molecule has 2 heteroatoms. The van der Waals surface area contributed by atoms with Crippen molar-refractivity contribution in [1.82, 2.24) is 0 Å². The lowest BCUT2D eigenvalue weighted by Crippen LogP contribution is -2.17. The van der Waals surface area contributed by atoms with Gasteiger partial charge in [-0.25, -0.2) is 0 Å². The minimum Gasteiger partial charge on any atom is -0.126 e. The van der Waals surface area contributed by atoms with Gasteiger partial charge in [-0.05, 0) is 5.92 Å². The Morgan fingerprint density at radius 2 is 1.57 bits per heavy atom. The van der Waals surface area contributed by atoms with Crippen LogP contribution in [0.2, 0.25) is 19.0 Å². The summed E-state index contributed by atoms with van der Waals surface area (Å²) in [7, 11) is 0. The first kappa shape index (κ1) is 14.4. The van der Waals surface area contributed by atoms with E-state index in [0.29, 0.717) is 0 Å². The quantitative estimate of drug-likeness (QED) is 0.378. The average molecular weight is 217 g/mol. The highest BCUT2D eigenvalue weighted by Crippen LogP contribution is 2.21. The third kappa shape index (κ3) is 6.76. The van der Waals surface area contributed by atoms with Gasteiger partial charge in [0.25, 0.3) is 0 Å². The maximum atomic E-state index is 5.99. The molecule has 1 unspecified atom stereocenters. The van der Waals surface area contributed by atoms with Crippen LogP contribution in [-0.4, -0.2) is 12.6 Å². The topological polar surface area (TPSA) is 0 Å². The first-order valence-electron chi connectivity index (χ1n) is 6.34. The predicted molar refractivity (Wildman–Crippen MR) is 69.9 cm³/mol. The van der Waals surface area contributed by atoms with Gasteiger partial charge >= 0.3 is 0 Å². The molecule has 84 valence electrons. The summed E-state index contributed by atoms with van der Waals surface area (Å²) in [5.74, 6) is 1.63. The summed E-state index contributed by atoms with van der Waals surface area (Å²) in [6, 6.07) is 0. The predicted octanol–water partition coefficient (Wildman–Crippen LogP) is 4.96. The molecule has 0 aliphatic rings. The van der Waals surface area contributed by atoms with E-state index < -0.39 is 0 Å². The van der Waals surface area contributed by atoms with Crippen LogP contribution in [0, 0.1) is 5.92 Å². The number of hydrogen-bond donors (Lipinski definition) is 0. The second-order valence-electron chi connectivity index (χ2n) is 4.49. The molecule has 0 aromatic carbocycles. The summed E-state index contributed by atoms with van der Waals surface area (Å²) in [6.45, 7) is 7.77. The van der Waals surface area contributed by atoms with Crippen molar-refractivity contribution in [2.24, 2.45) is 5.92 Å². The Labute approximate surface area is 95.9 Å². The Kier molecular flexibility index (Phi) is 10.1. The van der Waals surface area contributed by atoms with Crippen molar-refractivity contribution < 1.29 is 0 Å². The lowest BCUT2D eigenvalue weighted by molar-refractivity contribution is 0.574. The molecule has 0 spiro atoms. The largest absolute Gasteiger partial charge is 0.140 e. The van der Waals surface area contributed by atoms with Crippen LogP contribution in [0.1, 0.15) is 46.5 Å². The molecule has 0 saturated carbocycles. The molecule has 0 heterocycles. The van der Waals surface area contributed by atoms with Crippen molar-refractivity contribution in [3.8, 4) is 0 Å². The van der Waals surface area contributed by atoms with E-state index in [0.717, 1.165) is 18.5 Å². The van der Waals surface area contributed by atoms with E-state index in [9.17, 15) is 0 Å². The van der Waals surface area contributed by atoms with Crippen LogP contribution >= 0.6 is 11.6 Å². The summed E-state index contributed by atoms with van der Waals surface area (Å²) < 4.78 is 0. The van der Waals surface area contributed by atoms with Crippen LogP contribution in [0.25, 0.3) is 0 Å². The molecule has 0 aromatic rings. The monoisotopic (exact) mass is 216 g/mol. The second kappa shape index (κ2) is 9.89. The van der Waals surface area contributed by atoms with E-state index in [1.165, 1.54) is 44.6 Å². The van der Waals surface area contributed by atoms with E-state index >= 15 is 0 Å². The fourth-order valence-electron chi connectivity index (χ4n) is 2.33. The van der Waals surface area contributed by atoms with Crippen molar-refractivity contribution >= 4 is 18.3 Å². The minimum atomic E-state index is 0.768. The first-order valence-corrected chi connectivity index (χ1v) is 6.87. The fraction of sp³-hybridized carbons (Fsp3) is 1.00. The molecule has 0 amide bonds. The van der Waals surface area contributed by atoms with Gasteiger partial charge in [-0.2, -0.15) is 0 Å². The van der Waals surface area contributed by atoms with Crippen LogP contribution in [0.4, 0.5) is 0 Å². The van der Waals surface area contributed by atoms with Crippen molar-refractivity contribution in [1.29, 1.82) is 0 Å². The van der Waals surface area contributed by atoms with Gasteiger partial charge in [0.15, 0.2) is 0 Å². The van der Waals surface area contributed by atoms with Crippen molar-refractivity contribution in [2.75, 3.05) is 5.88 Å². The van der Waals surface area contributed by atoms with Crippen LogP contribution in [0.5, 0.6) is 0 Å². The van der Waals surface area contributed by atoms with Gasteiger partial charge in [0.2, 0.25) is 0 Å². The molecule has 1 atom stereocenters. The summed E-state index contributed by atoms with van der Waals surface area (Å²) >= 11 is 5.99. The van der Waals surface area contributed by atoms with E-state index in [1.807, 2.05) is 0 Å². The van der Waals surface area contributed by atoms with Crippen LogP contribution in [-0.2, 0) is 0 Å². The lowest BCUT2D eigenvalue weighted by Gasteiger charge is -2.18. The Morgan fingerprint density at radius 1 is 1.00 bits per heavy atom. The molecule has 0 aliphatic heterocycles. The van der Waals surface area contributed by atoms with E-state index in [4.69, 9.17) is 11.6 Å². The highest BCUT2D eigenvalue weighted by atomic mass is 35.5. The Morgan fingerprint density at radius 3 is 1.93 bits per heavy atom. The van der Waals surface area contributed by atoms with Crippen LogP contribution in [0.3, 0.4) is 0 Å². The molecule has 14 heavy (non-hydrogen) atoms. The minimum absolute atomic E-state index is 0.768. The highest BCUT2D eigenvalue weighted by molar-refractivity contribution is 6.58. The third-order valence-corrected chi connectivity index (χ3v) is 3.41. The molecule has 0 nitrogen and oxygen atoms in total. The molecule has 0 aliphatic carbocycles. The average Bonchev–Trinajstić information content (AvgIpc) is 2.18. The van der Waals surface area contributed by atoms with Crippen LogP contribution in [0.15, 0.2) is 0 Å². The number of halogens is 1. The Bertz CT molecular complexity index is 111. The van der Waals surface area contributed by atoms with Gasteiger partial charge in [-0.3, -0.25) is 0 Å². The molecule has 0 rings (SSSR count). The zero-order valence-corrected chi connectivity index (χ0v) is 10.9. The van der Waals surface area contributed by atoms with E-state index in [2.05, 4.69) is 20.8 Å². The lowest BCUT2D eigenvalue weighted by atomic mass is 9.40. The SMILES string of the molecule is CCCB(CCC)CC(CCl)CCC. The van der Waals surface area contributed by atoms with Crippen molar-refractivity contribution in [2.45, 2.75) is 65.4 Å². The molecular formula is C12H26BCl. The van der Waals surface area contributed by atoms with Gasteiger partial charge in [-0.15, -0.1) is 11.6 Å². The molecule has 0 fully saturated rings. The van der Waals surface area contributed by atoms with Crippen molar-refractivity contribution in [3.05, 3.63) is 0 Å². The maximum absolute atomic E-state index is 5.99. The third-order valence-electron chi connectivity index (χ3n) is 2.98. The number of rotatable bonds is 9. The molecule has 0 N–H and O–H groups in total. The molecule has 0 saturated heterocycles. The number of hydrogen-bond acceptors (Lipinski definition) is 0. The standard InChI is InChI=1S/C12H26BCl/c1-4-7-12(11-14)10-13(8-5-2)9-6-3/h12H,4-11H2,1-3H3. The summed E-state index contributed by atoms with van der Waals surface area (Å²) in [5.41, 5.74) is 0. The van der Waals surface area contributed by atoms with Gasteiger partial charge in [0.05, 0.1) is 0 Å². The van der Waals surface area contributed by atoms with Crippen LogP contribution < -0.4 is 0 Å². The van der Waals surface area contributed by atoms with Gasteiger partial charge in [0.1, 0.15) is 6.71 Å². The van der Waals surface area contributed by atoms with E-state index in [1.54, 1.807) is 0 Å². The zero-order chi connectivity index (χ0) is 10.8. The summed E-state index contributed by atoms with van der Waals surface area (Å²) in [5, 5.41) is 0. The normalized spacial score (nSPS) is 12.9. The Hall–Kier alpha value is 0.355. The molecular weight excluding hydrogens is 190 g/mol. The summed E-state index contributed by atoms with van der Waals surface area (Å²) in [4.78, 5) is 0. The second-order valence-corrected chi connectivity index (χ2v) is 4.80. The van der Waals surface area contributed by atoms with Crippen molar-refractivity contribution in [3.63, 3.8) is 0 Å². The van der Waals surface area contributed by atoms with E-state index in [-0.39, 0.29) is 0 Å². The number of alkyl halides is 1. The fourth-order valence-corrected chi connectivity index (χ4v) is 2.61. The Balaban J connectivity index is 3.83. The highest BCUT2D eigenvalue weighted by Gasteiger charge is 2.17.